The van der Waals surface area contributed by atoms with Crippen LogP contribution < -0.4 is 16.7 Å². The van der Waals surface area contributed by atoms with Gasteiger partial charge in [0.15, 0.2) is 5.69 Å². The maximum absolute atomic E-state index is 14.5. The summed E-state index contributed by atoms with van der Waals surface area (Å²) in [7, 11) is 0. The summed E-state index contributed by atoms with van der Waals surface area (Å²) in [6, 6.07) is 130. The van der Waals surface area contributed by atoms with Crippen LogP contribution in [-0.2, 0) is 0 Å². The summed E-state index contributed by atoms with van der Waals surface area (Å²) < 4.78 is 5.28. The van der Waals surface area contributed by atoms with Crippen LogP contribution >= 0.6 is 0 Å². The van der Waals surface area contributed by atoms with Crippen molar-refractivity contribution in [2.24, 2.45) is 0 Å². The van der Waals surface area contributed by atoms with Crippen LogP contribution in [0.1, 0.15) is 16.7 Å². The lowest BCUT2D eigenvalue weighted by molar-refractivity contribution is 1.19. The number of nitriles is 2. The molecule has 24 rings (SSSR count). The van der Waals surface area contributed by atoms with E-state index in [1.165, 1.54) is 0 Å². The second-order valence-electron chi connectivity index (χ2n) is 31.1. The maximum atomic E-state index is 14.5. The van der Waals surface area contributed by atoms with Crippen molar-refractivity contribution < 1.29 is 0 Å². The minimum atomic E-state index is -0.142. The van der Waals surface area contributed by atoms with Crippen molar-refractivity contribution in [1.82, 2.24) is 28.2 Å². The summed E-state index contributed by atoms with van der Waals surface area (Å²) in [6.45, 7) is 10.1. The Kier molecular flexibility index (Phi) is 17.4. The monoisotopic (exact) mass is 1580 g/mol. The Morgan fingerprint density at radius 3 is 1.14 bits per heavy atom. The molecule has 24 aromatic rings. The third kappa shape index (κ3) is 11.6. The molecule has 0 atom stereocenters. The Morgan fingerprint density at radius 1 is 0.274 bits per heavy atom. The number of benzene rings is 18. The Hall–Kier alpha value is -17.4. The highest BCUT2D eigenvalue weighted by molar-refractivity contribution is 6.25. The van der Waals surface area contributed by atoms with Crippen LogP contribution in [0.5, 0.6) is 0 Å². The minimum Gasteiger partial charge on any atom is -0.268 e. The molecule has 576 valence electrons. The number of fused-ring (bicyclic) bond motifs is 12. The molecule has 0 bridgehead atoms. The van der Waals surface area contributed by atoms with Crippen LogP contribution in [0.25, 0.3) is 220 Å². The third-order valence-corrected chi connectivity index (χ3v) is 24.3. The fourth-order valence-corrected chi connectivity index (χ4v) is 18.7. The van der Waals surface area contributed by atoms with Crippen LogP contribution in [0, 0.1) is 36.2 Å². The van der Waals surface area contributed by atoms with Crippen molar-refractivity contribution in [1.29, 1.82) is 10.5 Å². The molecular formula is C112H65N9O3. The molecule has 0 aliphatic rings. The highest BCUT2D eigenvalue weighted by Crippen LogP contribution is 2.47. The molecule has 0 fully saturated rings. The zero-order chi connectivity index (χ0) is 83.4. The van der Waals surface area contributed by atoms with Gasteiger partial charge in [-0.05, 0) is 167 Å². The van der Waals surface area contributed by atoms with Crippen molar-refractivity contribution in [2.75, 3.05) is 0 Å². The van der Waals surface area contributed by atoms with Gasteiger partial charge >= 0.3 is 0 Å². The zero-order valence-corrected chi connectivity index (χ0v) is 66.5. The first-order chi connectivity index (χ1) is 61.1. The molecule has 18 aromatic carbocycles. The minimum absolute atomic E-state index is 0.131. The Morgan fingerprint density at radius 2 is 0.637 bits per heavy atom. The maximum Gasteiger partial charge on any atom is 0.264 e. The molecular weight excluding hydrogens is 1520 g/mol. The number of hydrogen-bond acceptors (Lipinski definition) is 8. The Balaban J connectivity index is 0.000000111. The molecule has 0 saturated carbocycles. The smallest absolute Gasteiger partial charge is 0.264 e. The van der Waals surface area contributed by atoms with Gasteiger partial charge in [0, 0.05) is 70.6 Å². The molecule has 12 heteroatoms. The number of imidazole rings is 3. The summed E-state index contributed by atoms with van der Waals surface area (Å²) in [5, 5.41) is 29.2. The van der Waals surface area contributed by atoms with E-state index >= 15 is 0 Å². The molecule has 6 heterocycles. The van der Waals surface area contributed by atoms with Crippen LogP contribution in [-0.4, -0.2) is 28.2 Å². The second kappa shape index (κ2) is 29.6. The first-order valence-electron chi connectivity index (χ1n) is 40.9. The van der Waals surface area contributed by atoms with E-state index in [9.17, 15) is 24.9 Å². The second-order valence-corrected chi connectivity index (χ2v) is 31.1. The molecule has 0 saturated heterocycles. The fourth-order valence-electron chi connectivity index (χ4n) is 18.7. The molecule has 0 aliphatic heterocycles. The van der Waals surface area contributed by atoms with E-state index in [0.29, 0.717) is 49.9 Å². The van der Waals surface area contributed by atoms with E-state index in [1.807, 2.05) is 231 Å². The molecule has 0 N–H and O–H groups in total. The standard InChI is InChI=1S/C38H23N3O.2C37H21N3O/c1-23-11-9-10-16-27(23)28-17-18-29-34-30(19-20-32(39-2)35(28)34)38(42)41-36-31(25-14-7-4-8-15-25)21-26(22-33(36)40-37(29)41)24-12-5-3-6-13-24;38-22-26-16-17-30-33-31(21-18-27(32(26)33)23-10-4-1-5-11-23)37(41)40-35-29(25-14-8-3-9-15-25)20-19-28(34(35)39-36(30)40)24-12-6-2-7-13-24;38-22-26-16-17-28-35-29(19-18-27(34(26)35)23-10-4-1-5-11-23)37(41)40-33-21-31(25-14-8-3-9-15-25)30(20-32(33)39-36(28)40)24-12-6-2-7-13-24/h3-22H,1H3;2*1-21H. The molecule has 0 unspecified atom stereocenters. The average Bonchev–Trinajstić information content (AvgIpc) is 1.60. The highest BCUT2D eigenvalue weighted by Gasteiger charge is 2.28. The molecule has 0 radical (unpaired) electrons. The topological polar surface area (TPSA) is 155 Å². The normalized spacial score (nSPS) is 11.5. The van der Waals surface area contributed by atoms with Gasteiger partial charge in [-0.3, -0.25) is 27.6 Å². The van der Waals surface area contributed by atoms with Gasteiger partial charge in [-0.1, -0.05) is 315 Å². The predicted octanol–water partition coefficient (Wildman–Crippen LogP) is 26.4. The van der Waals surface area contributed by atoms with Gasteiger partial charge in [0.1, 0.15) is 16.9 Å². The number of nitrogens with zero attached hydrogens (tertiary/aromatic N) is 9. The lowest BCUT2D eigenvalue weighted by Gasteiger charge is -2.15. The van der Waals surface area contributed by atoms with Crippen LogP contribution in [0.4, 0.5) is 5.69 Å². The molecule has 124 heavy (non-hydrogen) atoms. The fraction of sp³-hybridized carbons (Fsp3) is 0.00893. The van der Waals surface area contributed by atoms with Crippen molar-refractivity contribution in [3.8, 4) is 112 Å². The van der Waals surface area contributed by atoms with Gasteiger partial charge in [-0.15, -0.1) is 0 Å². The molecule has 6 aromatic heterocycles. The summed E-state index contributed by atoms with van der Waals surface area (Å²) >= 11 is 0. The lowest BCUT2D eigenvalue weighted by Crippen LogP contribution is -2.14. The number of aromatic nitrogens is 6. The highest BCUT2D eigenvalue weighted by atomic mass is 16.1. The number of pyridine rings is 3. The summed E-state index contributed by atoms with van der Waals surface area (Å²) in [5.41, 5.74) is 26.9. The van der Waals surface area contributed by atoms with E-state index in [2.05, 4.69) is 157 Å². The third-order valence-electron chi connectivity index (χ3n) is 24.3. The summed E-state index contributed by atoms with van der Waals surface area (Å²) in [4.78, 5) is 62.5. The van der Waals surface area contributed by atoms with E-state index in [-0.39, 0.29) is 16.7 Å². The van der Waals surface area contributed by atoms with E-state index in [4.69, 9.17) is 21.5 Å². The quantitative estimate of drug-likeness (QED) is 0.129. The lowest BCUT2D eigenvalue weighted by atomic mass is 9.91. The van der Waals surface area contributed by atoms with E-state index in [1.54, 1.807) is 25.3 Å². The zero-order valence-electron chi connectivity index (χ0n) is 66.5. The predicted molar refractivity (Wildman–Crippen MR) is 505 cm³/mol. The number of aryl methyl sites for hydroxylation is 1. The van der Waals surface area contributed by atoms with Gasteiger partial charge in [0.05, 0.1) is 62.9 Å². The van der Waals surface area contributed by atoms with Gasteiger partial charge < -0.3 is 0 Å². The summed E-state index contributed by atoms with van der Waals surface area (Å²) in [6.07, 6.45) is 0. The molecule has 0 amide bonds. The van der Waals surface area contributed by atoms with Gasteiger partial charge in [0.2, 0.25) is 0 Å². The molecule has 0 aliphatic carbocycles. The van der Waals surface area contributed by atoms with E-state index < -0.39 is 0 Å². The Labute approximate surface area is 709 Å². The average molecular weight is 1580 g/mol. The van der Waals surface area contributed by atoms with Gasteiger partial charge in [-0.25, -0.2) is 19.8 Å². The van der Waals surface area contributed by atoms with Crippen LogP contribution in [0.15, 0.2) is 390 Å². The van der Waals surface area contributed by atoms with E-state index in [0.717, 1.165) is 187 Å². The Bertz CT molecular complexity index is 8810. The van der Waals surface area contributed by atoms with Crippen molar-refractivity contribution in [3.63, 3.8) is 0 Å². The van der Waals surface area contributed by atoms with Crippen molar-refractivity contribution >= 4 is 120 Å². The van der Waals surface area contributed by atoms with Gasteiger partial charge in [0.25, 0.3) is 16.7 Å². The van der Waals surface area contributed by atoms with Gasteiger partial charge in [-0.2, -0.15) is 10.5 Å². The number of hydrogen-bond donors (Lipinski definition) is 0. The largest absolute Gasteiger partial charge is 0.268 e. The first-order valence-corrected chi connectivity index (χ1v) is 40.9. The van der Waals surface area contributed by atoms with Crippen molar-refractivity contribution in [3.05, 3.63) is 435 Å². The molecule has 12 nitrogen and oxygen atoms in total. The number of rotatable bonds is 9. The summed E-state index contributed by atoms with van der Waals surface area (Å²) in [5.74, 6) is 0. The first kappa shape index (κ1) is 73.0. The van der Waals surface area contributed by atoms with Crippen LogP contribution in [0.2, 0.25) is 0 Å². The van der Waals surface area contributed by atoms with Crippen molar-refractivity contribution in [2.45, 2.75) is 6.92 Å². The SMILES string of the molecule is N#Cc1ccc2c3c1c(-c1ccccc1)ccc3c(=O)n1c2nc2c(-c3ccccc3)ccc(-c3ccccc3)c21.N#Cc1ccc2c3c1c(-c1ccccc1)ccc3c(=O)n1c3cc(-c4ccccc4)c(-c4ccccc4)cc3nc21.[C-]#[N+]c1ccc2c(=O)n3c(nc4cc(-c5ccccc5)cc(-c5ccccc5)c43)c3ccc(-c4ccccc4C)c1c23. The molecule has 0 spiro atoms. The van der Waals surface area contributed by atoms with Crippen LogP contribution in [0.3, 0.4) is 0 Å².